The zero-order valence-corrected chi connectivity index (χ0v) is 48.2. The van der Waals surface area contributed by atoms with Crippen molar-refractivity contribution in [3.05, 3.63) is 115 Å². The van der Waals surface area contributed by atoms with Crippen molar-refractivity contribution in [2.75, 3.05) is 0 Å². The molecule has 6 rings (SSSR count). The molecule has 2 aliphatic carbocycles. The van der Waals surface area contributed by atoms with Gasteiger partial charge in [0.05, 0.1) is 24.2 Å². The molecule has 4 aromatic carbocycles. The quantitative estimate of drug-likeness (QED) is 0.118. The van der Waals surface area contributed by atoms with E-state index in [0.717, 1.165) is 107 Å². The second-order valence-corrected chi connectivity index (χ2v) is 27.7. The third-order valence-corrected chi connectivity index (χ3v) is 15.1. The molecule has 2 fully saturated rings. The first-order chi connectivity index (χ1) is 33.6. The van der Waals surface area contributed by atoms with Crippen LogP contribution in [0.3, 0.4) is 0 Å². The van der Waals surface area contributed by atoms with Crippen molar-refractivity contribution < 1.29 is 20.4 Å². The summed E-state index contributed by atoms with van der Waals surface area (Å²) in [5, 5.41) is 46.8. The smallest absolute Gasteiger partial charge is 0.128 e. The summed E-state index contributed by atoms with van der Waals surface area (Å²) in [7, 11) is 0. The molecule has 0 spiro atoms. The fourth-order valence-corrected chi connectivity index (χ4v) is 10.3. The van der Waals surface area contributed by atoms with Gasteiger partial charge < -0.3 is 20.4 Å². The highest BCUT2D eigenvalue weighted by atomic mass is 16.3. The van der Waals surface area contributed by atoms with Crippen molar-refractivity contribution in [2.45, 2.75) is 239 Å². The molecule has 0 amide bonds. The van der Waals surface area contributed by atoms with Crippen LogP contribution in [0.25, 0.3) is 0 Å². The molecule has 4 N–H and O–H groups in total. The zero-order valence-electron chi connectivity index (χ0n) is 48.2. The number of hydrogen-bond donors (Lipinski definition) is 4. The Kier molecular flexibility index (Phi) is 16.8. The first kappa shape index (κ1) is 57.0. The monoisotopic (exact) mass is 993 g/mol. The van der Waals surface area contributed by atoms with Crippen LogP contribution in [0.1, 0.15) is 243 Å². The van der Waals surface area contributed by atoms with Gasteiger partial charge in [0.15, 0.2) is 0 Å². The van der Waals surface area contributed by atoms with Crippen molar-refractivity contribution in [2.24, 2.45) is 20.0 Å². The molecular formula is C65H92N4O4. The van der Waals surface area contributed by atoms with Crippen LogP contribution in [0, 0.1) is 0 Å². The molecule has 73 heavy (non-hydrogen) atoms. The van der Waals surface area contributed by atoms with E-state index < -0.39 is 0 Å². The number of hydrogen-bond acceptors (Lipinski definition) is 8. The Morgan fingerprint density at radius 1 is 0.342 bits per heavy atom. The average Bonchev–Trinajstić information content (AvgIpc) is 3.26. The van der Waals surface area contributed by atoms with E-state index in [1.165, 1.54) is 0 Å². The van der Waals surface area contributed by atoms with E-state index in [-0.39, 0.29) is 79.7 Å². The van der Waals surface area contributed by atoms with E-state index in [2.05, 4.69) is 173 Å². The van der Waals surface area contributed by atoms with Crippen LogP contribution in [0.4, 0.5) is 0 Å². The van der Waals surface area contributed by atoms with E-state index in [1.54, 1.807) is 0 Å². The third kappa shape index (κ3) is 14.1. The van der Waals surface area contributed by atoms with Gasteiger partial charge >= 0.3 is 0 Å². The molecule has 2 saturated carbocycles. The molecule has 0 aromatic heterocycles. The summed E-state index contributed by atoms with van der Waals surface area (Å²) >= 11 is 0. The number of phenolic OH excluding ortho intramolecular Hbond substituents is 4. The molecule has 8 heteroatoms. The lowest BCUT2D eigenvalue weighted by Crippen LogP contribution is -2.27. The Morgan fingerprint density at radius 2 is 0.575 bits per heavy atom. The van der Waals surface area contributed by atoms with Gasteiger partial charge in [-0.1, -0.05) is 175 Å². The maximum atomic E-state index is 11.9. The summed E-state index contributed by atoms with van der Waals surface area (Å²) < 4.78 is 0. The summed E-state index contributed by atoms with van der Waals surface area (Å²) in [6.45, 7) is 38.7. The van der Waals surface area contributed by atoms with Gasteiger partial charge in [0.1, 0.15) is 23.0 Å². The highest BCUT2D eigenvalue weighted by Crippen LogP contribution is 2.41. The van der Waals surface area contributed by atoms with Gasteiger partial charge in [-0.05, 0) is 111 Å². The van der Waals surface area contributed by atoms with Crippen molar-refractivity contribution in [3.8, 4) is 23.0 Å². The van der Waals surface area contributed by atoms with Crippen molar-refractivity contribution in [3.63, 3.8) is 0 Å². The van der Waals surface area contributed by atoms with E-state index in [4.69, 9.17) is 20.0 Å². The van der Waals surface area contributed by atoms with E-state index in [1.807, 2.05) is 24.9 Å². The van der Waals surface area contributed by atoms with Gasteiger partial charge in [0, 0.05) is 69.4 Å². The summed E-state index contributed by atoms with van der Waals surface area (Å²) in [6, 6.07) is 16.5. The van der Waals surface area contributed by atoms with Crippen LogP contribution < -0.4 is 0 Å². The number of aliphatic imine (C=N–C) groups is 4. The summed E-state index contributed by atoms with van der Waals surface area (Å²) in [5.41, 5.74) is 9.42. The van der Waals surface area contributed by atoms with E-state index in [9.17, 15) is 20.4 Å². The molecule has 0 heterocycles. The molecule has 0 unspecified atom stereocenters. The van der Waals surface area contributed by atoms with Crippen LogP contribution >= 0.6 is 0 Å². The SMILES string of the molecule is CC(C)(C)c1cc(C=N[C@@H]2CCCC[C@H]2N=Cc2cc(Cc3cc(C=N[C@@H]4CCCC[C@H]4N=Cc4cc(C(C)(C)C)cc(C(C)(C)C)c4O)c(O)c(C(C)(C)C)c3)cc(C(C)(C)C)c2O)c(O)c(C(C)(C)C)c1. The lowest BCUT2D eigenvalue weighted by atomic mass is 9.79. The molecular weight excluding hydrogens is 901 g/mol. The topological polar surface area (TPSA) is 130 Å². The molecule has 0 radical (unpaired) electrons. The zero-order chi connectivity index (χ0) is 54.2. The van der Waals surface area contributed by atoms with Gasteiger partial charge in [0.2, 0.25) is 0 Å². The average molecular weight is 993 g/mol. The first-order valence-electron chi connectivity index (χ1n) is 27.2. The van der Waals surface area contributed by atoms with E-state index >= 15 is 0 Å². The number of phenols is 4. The number of benzene rings is 4. The molecule has 0 saturated heterocycles. The molecule has 396 valence electrons. The molecule has 4 atom stereocenters. The predicted molar refractivity (Wildman–Crippen MR) is 310 cm³/mol. The Hall–Kier alpha value is -5.24. The van der Waals surface area contributed by atoms with Gasteiger partial charge in [-0.2, -0.15) is 0 Å². The minimum Gasteiger partial charge on any atom is -0.507 e. The Bertz CT molecular complexity index is 2550. The predicted octanol–water partition coefficient (Wildman–Crippen LogP) is 15.6. The summed E-state index contributed by atoms with van der Waals surface area (Å²) in [6.07, 6.45) is 15.8. The van der Waals surface area contributed by atoms with Gasteiger partial charge in [-0.15, -0.1) is 0 Å². The van der Waals surface area contributed by atoms with Crippen LogP contribution in [-0.4, -0.2) is 69.5 Å². The van der Waals surface area contributed by atoms with Crippen LogP contribution in [0.5, 0.6) is 23.0 Å². The van der Waals surface area contributed by atoms with E-state index in [0.29, 0.717) is 17.5 Å². The Labute approximate surface area is 440 Å². The van der Waals surface area contributed by atoms with Gasteiger partial charge in [0.25, 0.3) is 0 Å². The van der Waals surface area contributed by atoms with Crippen LogP contribution in [-0.2, 0) is 38.9 Å². The fraction of sp³-hybridized carbons (Fsp3) is 0.569. The first-order valence-corrected chi connectivity index (χ1v) is 27.2. The lowest BCUT2D eigenvalue weighted by Gasteiger charge is -2.28. The highest BCUT2D eigenvalue weighted by molar-refractivity contribution is 5.88. The molecule has 8 nitrogen and oxygen atoms in total. The standard InChI is InChI=1S/C65H92N4O4/c1-60(2,3)46-32-44(58(72)50(34-46)64(13,14)15)38-68-54-25-21-19-23-52(54)66-36-42-28-40(30-48(56(42)70)62(7,8)9)27-41-29-43(57(71)49(31-41)63(10,11)12)37-67-53-24-20-22-26-55(53)69-39-45-33-47(61(4,5)6)35-51(59(45)73)65(16,17)18/h28-39,52-55,70-73H,19-27H2,1-18H3/t52-,53-,54-,55-/m1/s1. The van der Waals surface area contributed by atoms with Gasteiger partial charge in [-0.3, -0.25) is 20.0 Å². The maximum absolute atomic E-state index is 11.9. The second kappa shape index (κ2) is 21.5. The largest absolute Gasteiger partial charge is 0.507 e. The Balaban J connectivity index is 1.32. The molecule has 0 aliphatic heterocycles. The molecule has 0 bridgehead atoms. The summed E-state index contributed by atoms with van der Waals surface area (Å²) in [5.74, 6) is 1.04. The Morgan fingerprint density at radius 3 is 0.808 bits per heavy atom. The lowest BCUT2D eigenvalue weighted by molar-refractivity contribution is 0.389. The highest BCUT2D eigenvalue weighted by Gasteiger charge is 2.30. The van der Waals surface area contributed by atoms with Crippen LogP contribution in [0.15, 0.2) is 68.5 Å². The minimum atomic E-state index is -0.346. The third-order valence-electron chi connectivity index (χ3n) is 15.1. The number of nitrogens with zero attached hydrogens (tertiary/aromatic N) is 4. The fourth-order valence-electron chi connectivity index (χ4n) is 10.3. The van der Waals surface area contributed by atoms with Crippen molar-refractivity contribution in [1.82, 2.24) is 0 Å². The number of rotatable bonds is 10. The minimum absolute atomic E-state index is 0.0580. The van der Waals surface area contributed by atoms with Crippen molar-refractivity contribution >= 4 is 24.9 Å². The maximum Gasteiger partial charge on any atom is 0.128 e. The van der Waals surface area contributed by atoms with Crippen molar-refractivity contribution in [1.29, 1.82) is 0 Å². The summed E-state index contributed by atoms with van der Waals surface area (Å²) in [4.78, 5) is 20.7. The van der Waals surface area contributed by atoms with Crippen LogP contribution in [0.2, 0.25) is 0 Å². The van der Waals surface area contributed by atoms with Gasteiger partial charge in [-0.25, -0.2) is 0 Å². The number of aromatic hydroxyl groups is 4. The normalized spacial score (nSPS) is 20.1. The second-order valence-electron chi connectivity index (χ2n) is 27.7. The molecule has 2 aliphatic rings. The molecule has 4 aromatic rings.